The molecule has 0 unspecified atom stereocenters. The lowest BCUT2D eigenvalue weighted by Crippen LogP contribution is -2.44. The average Bonchev–Trinajstić information content (AvgIpc) is 2.93. The highest BCUT2D eigenvalue weighted by atomic mass is 32.2. The molecule has 1 N–H and O–H groups in total. The number of benzene rings is 3. The number of rotatable bonds is 10. The number of morpholine rings is 1. The van der Waals surface area contributed by atoms with Crippen LogP contribution in [0.5, 0.6) is 5.75 Å². The molecule has 0 aliphatic carbocycles. The summed E-state index contributed by atoms with van der Waals surface area (Å²) in [7, 11) is 1.59. The predicted molar refractivity (Wildman–Crippen MR) is 148 cm³/mol. The van der Waals surface area contributed by atoms with E-state index in [1.807, 2.05) is 31.2 Å². The molecule has 1 fully saturated rings. The van der Waals surface area contributed by atoms with Crippen molar-refractivity contribution in [1.29, 1.82) is 0 Å². The van der Waals surface area contributed by atoms with E-state index in [1.54, 1.807) is 48.4 Å². The van der Waals surface area contributed by atoms with Crippen molar-refractivity contribution in [2.24, 2.45) is 0 Å². The number of carbonyl (C=O) groups excluding carboxylic acids is 1. The van der Waals surface area contributed by atoms with Gasteiger partial charge < -0.3 is 19.7 Å². The lowest BCUT2D eigenvalue weighted by Gasteiger charge is -2.30. The third-order valence-corrected chi connectivity index (χ3v) is 7.41. The van der Waals surface area contributed by atoms with Crippen molar-refractivity contribution in [3.63, 3.8) is 0 Å². The van der Waals surface area contributed by atoms with Crippen LogP contribution in [0.2, 0.25) is 0 Å². The first-order chi connectivity index (χ1) is 18.4. The molecule has 1 saturated heterocycles. The van der Waals surface area contributed by atoms with Gasteiger partial charge in [0.1, 0.15) is 5.75 Å². The maximum absolute atomic E-state index is 13.5. The zero-order valence-corrected chi connectivity index (χ0v) is 22.4. The fourth-order valence-corrected chi connectivity index (χ4v) is 4.97. The summed E-state index contributed by atoms with van der Waals surface area (Å²) >= 11 is 1.53. The number of hydrogen-bond donors (Lipinski definition) is 1. The van der Waals surface area contributed by atoms with Crippen LogP contribution < -0.4 is 10.1 Å². The summed E-state index contributed by atoms with van der Waals surface area (Å²) in [4.78, 5) is 30.5. The minimum Gasteiger partial charge on any atom is -0.497 e. The molecular formula is C28H32N4O5S. The molecule has 0 saturated carbocycles. The van der Waals surface area contributed by atoms with Crippen molar-refractivity contribution in [2.75, 3.05) is 51.8 Å². The number of anilines is 1. The number of nitro groups is 1. The Bertz CT molecular complexity index is 1230. The Morgan fingerprint density at radius 3 is 2.47 bits per heavy atom. The Kier molecular flexibility index (Phi) is 9.58. The number of methoxy groups -OCH3 is 1. The van der Waals surface area contributed by atoms with E-state index in [9.17, 15) is 14.9 Å². The van der Waals surface area contributed by atoms with E-state index in [0.717, 1.165) is 34.0 Å². The highest BCUT2D eigenvalue weighted by Crippen LogP contribution is 2.33. The maximum atomic E-state index is 13.5. The second-order valence-electron chi connectivity index (χ2n) is 9.00. The molecule has 0 spiro atoms. The van der Waals surface area contributed by atoms with Gasteiger partial charge in [-0.25, -0.2) is 4.79 Å². The number of urea groups is 1. The summed E-state index contributed by atoms with van der Waals surface area (Å²) in [6.07, 6.45) is 0. The topological polar surface area (TPSA) is 97.2 Å². The van der Waals surface area contributed by atoms with Crippen LogP contribution in [-0.2, 0) is 11.3 Å². The zero-order valence-electron chi connectivity index (χ0n) is 21.6. The van der Waals surface area contributed by atoms with E-state index >= 15 is 0 Å². The second kappa shape index (κ2) is 13.3. The monoisotopic (exact) mass is 536 g/mol. The van der Waals surface area contributed by atoms with Crippen molar-refractivity contribution in [3.05, 3.63) is 88.0 Å². The van der Waals surface area contributed by atoms with Gasteiger partial charge in [-0.15, -0.1) is 0 Å². The fourth-order valence-electron chi connectivity index (χ4n) is 4.06. The Labute approximate surface area is 226 Å². The number of nitro benzene ring substituents is 1. The van der Waals surface area contributed by atoms with Crippen LogP contribution in [0.1, 0.15) is 11.1 Å². The molecule has 0 atom stereocenters. The van der Waals surface area contributed by atoms with Crippen LogP contribution in [0.15, 0.2) is 76.5 Å². The molecule has 3 aromatic carbocycles. The molecule has 0 aromatic heterocycles. The summed E-state index contributed by atoms with van der Waals surface area (Å²) < 4.78 is 10.7. The normalized spacial score (nSPS) is 13.6. The van der Waals surface area contributed by atoms with Crippen molar-refractivity contribution in [2.45, 2.75) is 23.3 Å². The first kappa shape index (κ1) is 27.4. The molecule has 1 aliphatic heterocycles. The van der Waals surface area contributed by atoms with E-state index in [2.05, 4.69) is 10.2 Å². The fraction of sp³-hybridized carbons (Fsp3) is 0.321. The minimum absolute atomic E-state index is 0.00283. The summed E-state index contributed by atoms with van der Waals surface area (Å²) in [6.45, 7) is 6.33. The number of nitrogens with one attached hydrogen (secondary N) is 1. The van der Waals surface area contributed by atoms with Crippen LogP contribution >= 0.6 is 11.8 Å². The zero-order chi connectivity index (χ0) is 26.9. The number of hydrogen-bond acceptors (Lipinski definition) is 7. The molecule has 38 heavy (non-hydrogen) atoms. The van der Waals surface area contributed by atoms with E-state index < -0.39 is 4.92 Å². The molecule has 10 heteroatoms. The summed E-state index contributed by atoms with van der Waals surface area (Å²) in [5, 5.41) is 14.5. The van der Waals surface area contributed by atoms with Crippen molar-refractivity contribution in [1.82, 2.24) is 9.80 Å². The molecule has 2 amide bonds. The van der Waals surface area contributed by atoms with E-state index in [1.165, 1.54) is 17.8 Å². The number of nitrogens with zero attached hydrogens (tertiary/aromatic N) is 3. The van der Waals surface area contributed by atoms with E-state index in [4.69, 9.17) is 9.47 Å². The number of non-ortho nitro benzene ring substituents is 1. The highest BCUT2D eigenvalue weighted by Gasteiger charge is 2.21. The number of ether oxygens (including phenoxy) is 2. The summed E-state index contributed by atoms with van der Waals surface area (Å²) in [5.41, 5.74) is 2.51. The standard InChI is InChI=1S/C28H32N4O5S/c1-21-3-10-26(11-4-21)38-27-12-7-24(32(34)35)19-22(27)20-31(14-13-30-15-17-37-18-16-30)28(33)29-23-5-8-25(36-2)9-6-23/h3-12,19H,13-18,20H2,1-2H3,(H,29,33). The SMILES string of the molecule is COc1ccc(NC(=O)N(CCN2CCOCC2)Cc2cc([N+](=O)[O-])ccc2Sc2ccc(C)cc2)cc1. The van der Waals surface area contributed by atoms with Crippen molar-refractivity contribution >= 4 is 29.2 Å². The summed E-state index contributed by atoms with van der Waals surface area (Å²) in [6, 6.07) is 19.8. The highest BCUT2D eigenvalue weighted by molar-refractivity contribution is 7.99. The molecule has 9 nitrogen and oxygen atoms in total. The van der Waals surface area contributed by atoms with Gasteiger partial charge in [-0.05, 0) is 55.0 Å². The van der Waals surface area contributed by atoms with Gasteiger partial charge in [-0.1, -0.05) is 29.5 Å². The number of amides is 2. The molecule has 0 bridgehead atoms. The van der Waals surface area contributed by atoms with Crippen molar-refractivity contribution in [3.8, 4) is 5.75 Å². The van der Waals surface area contributed by atoms with Gasteiger partial charge in [-0.3, -0.25) is 15.0 Å². The first-order valence-electron chi connectivity index (χ1n) is 12.4. The van der Waals surface area contributed by atoms with Crippen molar-refractivity contribution < 1.29 is 19.2 Å². The third-order valence-electron chi connectivity index (χ3n) is 6.28. The van der Waals surface area contributed by atoms with Gasteiger partial charge in [-0.2, -0.15) is 0 Å². The van der Waals surface area contributed by atoms with Gasteiger partial charge >= 0.3 is 6.03 Å². The van der Waals surface area contributed by atoms with Gasteiger partial charge in [0.2, 0.25) is 0 Å². The predicted octanol–water partition coefficient (Wildman–Crippen LogP) is 5.43. The maximum Gasteiger partial charge on any atom is 0.322 e. The Hall–Kier alpha value is -3.60. The van der Waals surface area contributed by atoms with Crippen LogP contribution in [0, 0.1) is 17.0 Å². The van der Waals surface area contributed by atoms with Crippen LogP contribution in [0.3, 0.4) is 0 Å². The molecule has 4 rings (SSSR count). The molecule has 200 valence electrons. The van der Waals surface area contributed by atoms with Crippen LogP contribution in [0.4, 0.5) is 16.2 Å². The quantitative estimate of drug-likeness (QED) is 0.273. The van der Waals surface area contributed by atoms with Crippen LogP contribution in [-0.4, -0.2) is 67.3 Å². The largest absolute Gasteiger partial charge is 0.497 e. The smallest absolute Gasteiger partial charge is 0.322 e. The Balaban J connectivity index is 1.58. The van der Waals surface area contributed by atoms with E-state index in [-0.39, 0.29) is 18.3 Å². The molecular weight excluding hydrogens is 504 g/mol. The van der Waals surface area contributed by atoms with Gasteiger partial charge in [0.25, 0.3) is 5.69 Å². The molecule has 1 heterocycles. The number of aryl methyl sites for hydroxylation is 1. The molecule has 1 aliphatic rings. The minimum atomic E-state index is -0.403. The molecule has 0 radical (unpaired) electrons. The average molecular weight is 537 g/mol. The Morgan fingerprint density at radius 2 is 1.82 bits per heavy atom. The molecule has 3 aromatic rings. The number of carbonyl (C=O) groups is 1. The lowest BCUT2D eigenvalue weighted by atomic mass is 10.2. The van der Waals surface area contributed by atoms with Gasteiger partial charge in [0.15, 0.2) is 0 Å². The Morgan fingerprint density at radius 1 is 1.11 bits per heavy atom. The van der Waals surface area contributed by atoms with E-state index in [0.29, 0.717) is 37.7 Å². The van der Waals surface area contributed by atoms with Gasteiger partial charge in [0, 0.05) is 60.3 Å². The third kappa shape index (κ3) is 7.70. The first-order valence-corrected chi connectivity index (χ1v) is 13.2. The lowest BCUT2D eigenvalue weighted by molar-refractivity contribution is -0.385. The second-order valence-corrected chi connectivity index (χ2v) is 10.1. The summed E-state index contributed by atoms with van der Waals surface area (Å²) in [5.74, 6) is 0.696. The van der Waals surface area contributed by atoms with Gasteiger partial charge in [0.05, 0.1) is 25.2 Å². The van der Waals surface area contributed by atoms with Crippen LogP contribution in [0.25, 0.3) is 0 Å².